The Bertz CT molecular complexity index is 415. The number of carboxylic acids is 1. The molecule has 0 spiro atoms. The van der Waals surface area contributed by atoms with Crippen LogP contribution in [0.1, 0.15) is 33.2 Å². The predicted octanol–water partition coefficient (Wildman–Crippen LogP) is 1.60. The maximum Gasteiger partial charge on any atom is 0.345 e. The molecule has 0 aliphatic heterocycles. The highest BCUT2D eigenvalue weighted by Gasteiger charge is 2.17. The molecule has 1 aromatic heterocycles. The van der Waals surface area contributed by atoms with Crippen molar-refractivity contribution in [3.05, 3.63) is 21.9 Å². The molecule has 2 atom stereocenters. The lowest BCUT2D eigenvalue weighted by Crippen LogP contribution is -2.40. The van der Waals surface area contributed by atoms with Crippen LogP contribution in [0.4, 0.5) is 0 Å². The Labute approximate surface area is 103 Å². The van der Waals surface area contributed by atoms with E-state index in [-0.39, 0.29) is 22.9 Å². The van der Waals surface area contributed by atoms with Crippen LogP contribution in [0.5, 0.6) is 0 Å². The highest BCUT2D eigenvalue weighted by Crippen LogP contribution is 2.16. The Balaban J connectivity index is 2.66. The van der Waals surface area contributed by atoms with Gasteiger partial charge in [0.2, 0.25) is 0 Å². The van der Waals surface area contributed by atoms with Gasteiger partial charge in [-0.15, -0.1) is 11.3 Å². The molecule has 6 heteroatoms. The summed E-state index contributed by atoms with van der Waals surface area (Å²) in [5.41, 5.74) is 0. The zero-order chi connectivity index (χ0) is 13.0. The first-order valence-corrected chi connectivity index (χ1v) is 5.94. The van der Waals surface area contributed by atoms with Crippen LogP contribution in [0.25, 0.3) is 0 Å². The predicted molar refractivity (Wildman–Crippen MR) is 64.7 cm³/mol. The van der Waals surface area contributed by atoms with Gasteiger partial charge in [-0.1, -0.05) is 0 Å². The van der Waals surface area contributed by atoms with Crippen molar-refractivity contribution >= 4 is 23.2 Å². The third-order valence-electron chi connectivity index (χ3n) is 2.48. The topological polar surface area (TPSA) is 75.6 Å². The van der Waals surface area contributed by atoms with E-state index in [9.17, 15) is 9.59 Å². The van der Waals surface area contributed by atoms with Gasteiger partial charge < -0.3 is 15.2 Å². The van der Waals surface area contributed by atoms with Gasteiger partial charge in [0.1, 0.15) is 4.88 Å². The first kappa shape index (κ1) is 13.7. The van der Waals surface area contributed by atoms with Crippen LogP contribution in [0.2, 0.25) is 0 Å². The number of nitrogens with one attached hydrogen (secondary N) is 1. The van der Waals surface area contributed by atoms with Crippen LogP contribution in [0.3, 0.4) is 0 Å². The number of carboxylic acid groups (broad SMARTS) is 1. The summed E-state index contributed by atoms with van der Waals surface area (Å²) in [7, 11) is 1.57. The van der Waals surface area contributed by atoms with E-state index in [4.69, 9.17) is 9.84 Å². The number of rotatable bonds is 5. The van der Waals surface area contributed by atoms with E-state index in [1.807, 2.05) is 13.8 Å². The lowest BCUT2D eigenvalue weighted by atomic mass is 10.2. The van der Waals surface area contributed by atoms with Crippen molar-refractivity contribution in [2.24, 2.45) is 0 Å². The number of carbonyl (C=O) groups is 2. The van der Waals surface area contributed by atoms with Crippen molar-refractivity contribution in [1.29, 1.82) is 0 Å². The van der Waals surface area contributed by atoms with Gasteiger partial charge in [-0.2, -0.15) is 0 Å². The standard InChI is InChI=1S/C11H15NO4S/c1-6(7(2)16-3)12-10(13)8-4-5-9(17-8)11(14)15/h4-7H,1-3H3,(H,12,13)(H,14,15)/t6-,7?/m0/s1. The van der Waals surface area contributed by atoms with Crippen molar-refractivity contribution in [2.75, 3.05) is 7.11 Å². The second-order valence-corrected chi connectivity index (χ2v) is 4.76. The van der Waals surface area contributed by atoms with Crippen LogP contribution < -0.4 is 5.32 Å². The first-order valence-electron chi connectivity index (χ1n) is 5.12. The molecule has 0 saturated carbocycles. The summed E-state index contributed by atoms with van der Waals surface area (Å²) in [5, 5.41) is 11.5. The van der Waals surface area contributed by atoms with E-state index in [0.717, 1.165) is 11.3 Å². The summed E-state index contributed by atoms with van der Waals surface area (Å²) in [4.78, 5) is 23.0. The Morgan fingerprint density at radius 1 is 1.35 bits per heavy atom. The molecule has 0 bridgehead atoms. The SMILES string of the molecule is COC(C)[C@H](C)NC(=O)c1ccc(C(=O)O)s1. The van der Waals surface area contributed by atoms with Crippen molar-refractivity contribution in [3.8, 4) is 0 Å². The minimum atomic E-state index is -1.02. The summed E-state index contributed by atoms with van der Waals surface area (Å²) >= 11 is 0.958. The Hall–Kier alpha value is -1.40. The number of carbonyl (C=O) groups excluding carboxylic acids is 1. The van der Waals surface area contributed by atoms with E-state index < -0.39 is 5.97 Å². The van der Waals surface area contributed by atoms with Crippen LogP contribution in [-0.2, 0) is 4.74 Å². The largest absolute Gasteiger partial charge is 0.477 e. The molecular formula is C11H15NO4S. The second-order valence-electron chi connectivity index (χ2n) is 3.67. The van der Waals surface area contributed by atoms with Crippen LogP contribution in [0, 0.1) is 0 Å². The molecule has 1 aromatic rings. The fourth-order valence-electron chi connectivity index (χ4n) is 1.17. The summed E-state index contributed by atoms with van der Waals surface area (Å²) in [6.45, 7) is 3.68. The molecule has 1 amide bonds. The second kappa shape index (κ2) is 5.79. The number of methoxy groups -OCH3 is 1. The molecule has 0 aliphatic carbocycles. The molecule has 0 radical (unpaired) electrons. The van der Waals surface area contributed by atoms with Gasteiger partial charge >= 0.3 is 5.97 Å². The van der Waals surface area contributed by atoms with Gasteiger partial charge in [0.15, 0.2) is 0 Å². The molecule has 0 fully saturated rings. The quantitative estimate of drug-likeness (QED) is 0.840. The number of amides is 1. The molecule has 1 rings (SSSR count). The zero-order valence-corrected chi connectivity index (χ0v) is 10.7. The number of hydrogen-bond donors (Lipinski definition) is 2. The summed E-state index contributed by atoms with van der Waals surface area (Å²) in [5.74, 6) is -1.30. The lowest BCUT2D eigenvalue weighted by Gasteiger charge is -2.19. The zero-order valence-electron chi connectivity index (χ0n) is 9.89. The number of aromatic carboxylic acids is 1. The number of hydrogen-bond acceptors (Lipinski definition) is 4. The average Bonchev–Trinajstić information content (AvgIpc) is 2.77. The molecular weight excluding hydrogens is 242 g/mol. The van der Waals surface area contributed by atoms with Gasteiger partial charge in [0, 0.05) is 7.11 Å². The van der Waals surface area contributed by atoms with Crippen LogP contribution in [-0.4, -0.2) is 36.2 Å². The minimum Gasteiger partial charge on any atom is -0.477 e. The molecule has 2 N–H and O–H groups in total. The summed E-state index contributed by atoms with van der Waals surface area (Å²) < 4.78 is 5.09. The van der Waals surface area contributed by atoms with Gasteiger partial charge in [-0.25, -0.2) is 4.79 Å². The fourth-order valence-corrected chi connectivity index (χ4v) is 1.92. The molecule has 0 saturated heterocycles. The van der Waals surface area contributed by atoms with E-state index in [0.29, 0.717) is 4.88 Å². The highest BCUT2D eigenvalue weighted by molar-refractivity contribution is 7.15. The van der Waals surface area contributed by atoms with Crippen LogP contribution in [0.15, 0.2) is 12.1 Å². The van der Waals surface area contributed by atoms with Gasteiger partial charge in [-0.3, -0.25) is 4.79 Å². The Morgan fingerprint density at radius 2 is 1.94 bits per heavy atom. The minimum absolute atomic E-state index is 0.0992. The number of ether oxygens (including phenoxy) is 1. The summed E-state index contributed by atoms with van der Waals surface area (Å²) in [6.07, 6.45) is -0.0992. The van der Waals surface area contributed by atoms with E-state index in [2.05, 4.69) is 5.32 Å². The Morgan fingerprint density at radius 3 is 2.41 bits per heavy atom. The van der Waals surface area contributed by atoms with Crippen molar-refractivity contribution in [1.82, 2.24) is 5.32 Å². The van der Waals surface area contributed by atoms with Gasteiger partial charge in [0.05, 0.1) is 17.0 Å². The molecule has 94 valence electrons. The van der Waals surface area contributed by atoms with Gasteiger partial charge in [-0.05, 0) is 26.0 Å². The first-order chi connectivity index (χ1) is 7.95. The maximum atomic E-state index is 11.8. The molecule has 0 aliphatic rings. The highest BCUT2D eigenvalue weighted by atomic mass is 32.1. The van der Waals surface area contributed by atoms with Crippen LogP contribution >= 0.6 is 11.3 Å². The number of thiophene rings is 1. The van der Waals surface area contributed by atoms with Crippen molar-refractivity contribution < 1.29 is 19.4 Å². The molecule has 1 unspecified atom stereocenters. The van der Waals surface area contributed by atoms with Crippen molar-refractivity contribution in [2.45, 2.75) is 26.0 Å². The fraction of sp³-hybridized carbons (Fsp3) is 0.455. The molecule has 17 heavy (non-hydrogen) atoms. The third kappa shape index (κ3) is 3.54. The van der Waals surface area contributed by atoms with Gasteiger partial charge in [0.25, 0.3) is 5.91 Å². The summed E-state index contributed by atoms with van der Waals surface area (Å²) in [6, 6.07) is 2.79. The van der Waals surface area contributed by atoms with Crippen molar-refractivity contribution in [3.63, 3.8) is 0 Å². The average molecular weight is 257 g/mol. The monoisotopic (exact) mass is 257 g/mol. The Kier molecular flexibility index (Phi) is 4.65. The molecule has 1 heterocycles. The van der Waals surface area contributed by atoms with E-state index >= 15 is 0 Å². The normalized spacial score (nSPS) is 14.1. The molecule has 0 aromatic carbocycles. The smallest absolute Gasteiger partial charge is 0.345 e. The lowest BCUT2D eigenvalue weighted by molar-refractivity contribution is 0.0701. The van der Waals surface area contributed by atoms with E-state index in [1.165, 1.54) is 12.1 Å². The maximum absolute atomic E-state index is 11.8. The molecule has 5 nitrogen and oxygen atoms in total. The third-order valence-corrected chi connectivity index (χ3v) is 3.55. The van der Waals surface area contributed by atoms with E-state index in [1.54, 1.807) is 7.11 Å².